The van der Waals surface area contributed by atoms with Gasteiger partial charge in [-0.15, -0.1) is 0 Å². The summed E-state index contributed by atoms with van der Waals surface area (Å²) in [5.74, 6) is 0.256. The first kappa shape index (κ1) is 13.3. The summed E-state index contributed by atoms with van der Waals surface area (Å²) in [6.45, 7) is 5.18. The highest BCUT2D eigenvalue weighted by Gasteiger charge is 2.31. The van der Waals surface area contributed by atoms with E-state index in [1.807, 2.05) is 0 Å². The Balaban J connectivity index is 2.55. The first-order chi connectivity index (χ1) is 8.90. The molecule has 0 radical (unpaired) electrons. The van der Waals surface area contributed by atoms with Crippen LogP contribution in [0, 0.1) is 6.92 Å². The maximum absolute atomic E-state index is 12.8. The van der Waals surface area contributed by atoms with Crippen molar-refractivity contribution in [1.29, 1.82) is 0 Å². The highest BCUT2D eigenvalue weighted by molar-refractivity contribution is 5.59. The molecule has 98 valence electrons. The lowest BCUT2D eigenvalue weighted by Crippen LogP contribution is -2.06. The van der Waals surface area contributed by atoms with E-state index in [9.17, 15) is 13.2 Å². The van der Waals surface area contributed by atoms with E-state index >= 15 is 0 Å². The Labute approximate surface area is 108 Å². The highest BCUT2D eigenvalue weighted by Crippen LogP contribution is 2.32. The molecule has 0 aliphatic heterocycles. The van der Waals surface area contributed by atoms with Crippen molar-refractivity contribution in [3.63, 3.8) is 0 Å². The van der Waals surface area contributed by atoms with Gasteiger partial charge in [-0.3, -0.25) is 0 Å². The van der Waals surface area contributed by atoms with Gasteiger partial charge in [0.25, 0.3) is 0 Å². The lowest BCUT2D eigenvalue weighted by atomic mass is 10.1. The van der Waals surface area contributed by atoms with Crippen LogP contribution in [0.5, 0.6) is 0 Å². The smallest absolute Gasteiger partial charge is 0.237 e. The first-order valence-corrected chi connectivity index (χ1v) is 5.55. The van der Waals surface area contributed by atoms with Gasteiger partial charge in [-0.1, -0.05) is 6.58 Å². The number of aromatic nitrogens is 2. The molecule has 0 N–H and O–H groups in total. The molecule has 0 aliphatic carbocycles. The maximum Gasteiger partial charge on any atom is 0.416 e. The van der Waals surface area contributed by atoms with E-state index in [-0.39, 0.29) is 5.82 Å². The van der Waals surface area contributed by atoms with Gasteiger partial charge in [0.05, 0.1) is 11.3 Å². The van der Waals surface area contributed by atoms with Crippen molar-refractivity contribution in [2.45, 2.75) is 13.1 Å². The quantitative estimate of drug-likeness (QED) is 0.815. The summed E-state index contributed by atoms with van der Waals surface area (Å²) in [6, 6.07) is 5.41. The summed E-state index contributed by atoms with van der Waals surface area (Å²) in [7, 11) is 0. The molecule has 1 heterocycles. The molecule has 0 amide bonds. The van der Waals surface area contributed by atoms with Crippen molar-refractivity contribution in [3.8, 4) is 11.4 Å². The zero-order valence-corrected chi connectivity index (χ0v) is 10.2. The molecule has 2 nitrogen and oxygen atoms in total. The highest BCUT2D eigenvalue weighted by atomic mass is 19.4. The van der Waals surface area contributed by atoms with Crippen LogP contribution in [0.25, 0.3) is 17.5 Å². The molecule has 2 rings (SSSR count). The van der Waals surface area contributed by atoms with Gasteiger partial charge in [0.2, 0.25) is 0 Å². The van der Waals surface area contributed by atoms with E-state index < -0.39 is 11.7 Å². The summed E-state index contributed by atoms with van der Waals surface area (Å²) in [5, 5.41) is 0. The van der Waals surface area contributed by atoms with Crippen LogP contribution in [0.1, 0.15) is 16.8 Å². The largest absolute Gasteiger partial charge is 0.416 e. The topological polar surface area (TPSA) is 25.8 Å². The Morgan fingerprint density at radius 2 is 1.95 bits per heavy atom. The Bertz CT molecular complexity index is 618. The molecule has 0 saturated heterocycles. The van der Waals surface area contributed by atoms with Crippen LogP contribution in [0.2, 0.25) is 0 Å². The van der Waals surface area contributed by atoms with Crippen LogP contribution in [0.15, 0.2) is 37.0 Å². The third-order valence-electron chi connectivity index (χ3n) is 2.55. The summed E-state index contributed by atoms with van der Waals surface area (Å²) < 4.78 is 38.3. The van der Waals surface area contributed by atoms with E-state index in [2.05, 4.69) is 16.5 Å². The Morgan fingerprint density at radius 3 is 2.58 bits per heavy atom. The predicted octanol–water partition coefficient (Wildman–Crippen LogP) is 4.11. The van der Waals surface area contributed by atoms with Crippen molar-refractivity contribution in [3.05, 3.63) is 53.9 Å². The Morgan fingerprint density at radius 1 is 1.21 bits per heavy atom. The number of halogens is 3. The molecule has 0 aliphatic rings. The zero-order valence-electron chi connectivity index (χ0n) is 10.2. The zero-order chi connectivity index (χ0) is 14.0. The Hall–Kier alpha value is -2.17. The second kappa shape index (κ2) is 4.84. The van der Waals surface area contributed by atoms with Crippen LogP contribution >= 0.6 is 0 Å². The molecule has 0 fully saturated rings. The van der Waals surface area contributed by atoms with Crippen LogP contribution < -0.4 is 0 Å². The Kier molecular flexibility index (Phi) is 3.38. The predicted molar refractivity (Wildman–Crippen MR) is 67.3 cm³/mol. The number of alkyl halides is 3. The van der Waals surface area contributed by atoms with Crippen molar-refractivity contribution >= 4 is 6.08 Å². The molecule has 5 heteroatoms. The number of nitrogens with zero attached hydrogens (tertiary/aromatic N) is 2. The minimum absolute atomic E-state index is 0.256. The molecule has 0 spiro atoms. The number of hydrogen-bond donors (Lipinski definition) is 0. The van der Waals surface area contributed by atoms with Gasteiger partial charge in [0.1, 0.15) is 0 Å². The van der Waals surface area contributed by atoms with Crippen molar-refractivity contribution in [2.24, 2.45) is 0 Å². The fourth-order valence-corrected chi connectivity index (χ4v) is 1.70. The standard InChI is InChI=1S/C14H11F3N2/c1-3-12-4-5-18-13(19-12)10-6-9(2)7-11(8-10)14(15,16)17/h3-8H,1H2,2H3. The molecule has 1 aromatic carbocycles. The molecule has 2 aromatic rings. The third kappa shape index (κ3) is 2.99. The SMILES string of the molecule is C=Cc1ccnc(-c2cc(C)cc(C(F)(F)F)c2)n1. The minimum Gasteiger partial charge on any atom is -0.237 e. The van der Waals surface area contributed by atoms with Crippen molar-refractivity contribution in [1.82, 2.24) is 9.97 Å². The second-order valence-corrected chi connectivity index (χ2v) is 4.09. The minimum atomic E-state index is -4.38. The van der Waals surface area contributed by atoms with Gasteiger partial charge in [0.15, 0.2) is 5.82 Å². The van der Waals surface area contributed by atoms with Crippen molar-refractivity contribution < 1.29 is 13.2 Å². The summed E-state index contributed by atoms with van der Waals surface area (Å²) in [4.78, 5) is 8.12. The van der Waals surface area contributed by atoms with Gasteiger partial charge in [-0.25, -0.2) is 9.97 Å². The number of hydrogen-bond acceptors (Lipinski definition) is 2. The molecule has 0 bridgehead atoms. The molecular formula is C14H11F3N2. The fourth-order valence-electron chi connectivity index (χ4n) is 1.70. The van der Waals surface area contributed by atoms with Crippen LogP contribution in [0.3, 0.4) is 0 Å². The summed E-state index contributed by atoms with van der Waals surface area (Å²) in [5.41, 5.74) is 0.726. The second-order valence-electron chi connectivity index (χ2n) is 4.09. The average Bonchev–Trinajstić information content (AvgIpc) is 2.37. The van der Waals surface area contributed by atoms with E-state index in [4.69, 9.17) is 0 Å². The van der Waals surface area contributed by atoms with Gasteiger partial charge in [0, 0.05) is 11.8 Å². The van der Waals surface area contributed by atoms with Crippen molar-refractivity contribution in [2.75, 3.05) is 0 Å². The average molecular weight is 264 g/mol. The first-order valence-electron chi connectivity index (χ1n) is 5.55. The number of rotatable bonds is 2. The summed E-state index contributed by atoms with van der Waals surface area (Å²) in [6.07, 6.45) is -1.36. The molecule has 0 atom stereocenters. The van der Waals surface area contributed by atoms with Crippen LogP contribution in [0.4, 0.5) is 13.2 Å². The summed E-state index contributed by atoms with van der Waals surface area (Å²) >= 11 is 0. The van der Waals surface area contributed by atoms with E-state index in [0.29, 0.717) is 16.8 Å². The van der Waals surface area contributed by atoms with Gasteiger partial charge in [-0.05, 0) is 42.8 Å². The van der Waals surface area contributed by atoms with E-state index in [0.717, 1.165) is 12.1 Å². The molecule has 19 heavy (non-hydrogen) atoms. The monoisotopic (exact) mass is 264 g/mol. The van der Waals surface area contributed by atoms with Gasteiger partial charge < -0.3 is 0 Å². The normalized spacial score (nSPS) is 11.4. The van der Waals surface area contributed by atoms with E-state index in [1.165, 1.54) is 12.3 Å². The molecule has 1 aromatic heterocycles. The van der Waals surface area contributed by atoms with Gasteiger partial charge in [-0.2, -0.15) is 13.2 Å². The molecular weight excluding hydrogens is 253 g/mol. The lowest BCUT2D eigenvalue weighted by molar-refractivity contribution is -0.137. The number of benzene rings is 1. The third-order valence-corrected chi connectivity index (χ3v) is 2.55. The lowest BCUT2D eigenvalue weighted by Gasteiger charge is -2.10. The molecule has 0 saturated carbocycles. The molecule has 0 unspecified atom stereocenters. The maximum atomic E-state index is 12.8. The number of aryl methyl sites for hydroxylation is 1. The van der Waals surface area contributed by atoms with Crippen LogP contribution in [-0.4, -0.2) is 9.97 Å². The fraction of sp³-hybridized carbons (Fsp3) is 0.143. The van der Waals surface area contributed by atoms with Gasteiger partial charge >= 0.3 is 6.18 Å². The van der Waals surface area contributed by atoms with Crippen LogP contribution in [-0.2, 0) is 6.18 Å². The van der Waals surface area contributed by atoms with E-state index in [1.54, 1.807) is 19.1 Å².